The van der Waals surface area contributed by atoms with Crippen LogP contribution in [-0.2, 0) is 14.3 Å². The third-order valence-electron chi connectivity index (χ3n) is 4.36. The molecule has 5 heteroatoms. The number of carbonyl (C=O) groups is 2. The molecular formula is C20H38O5. The van der Waals surface area contributed by atoms with E-state index < -0.39 is 11.9 Å². The first-order chi connectivity index (χ1) is 12.1. The van der Waals surface area contributed by atoms with Gasteiger partial charge in [0.1, 0.15) is 0 Å². The second-order valence-corrected chi connectivity index (χ2v) is 6.85. The van der Waals surface area contributed by atoms with Gasteiger partial charge in [-0.15, -0.1) is 0 Å². The van der Waals surface area contributed by atoms with Crippen molar-refractivity contribution in [3.05, 3.63) is 0 Å². The maximum atomic E-state index is 10.3. The molecule has 1 heterocycles. The molecule has 0 bridgehead atoms. The molecule has 1 aliphatic heterocycles. The van der Waals surface area contributed by atoms with Gasteiger partial charge in [0.05, 0.1) is 0 Å². The number of rotatable bonds is 15. The SMILES string of the molecule is C1CCOC1.O=C(O)CCCCCCCCCCCCCCC(=O)O. The molecule has 1 saturated heterocycles. The molecule has 1 rings (SSSR count). The van der Waals surface area contributed by atoms with E-state index in [1.54, 1.807) is 0 Å². The van der Waals surface area contributed by atoms with E-state index in [9.17, 15) is 9.59 Å². The Kier molecular flexibility index (Phi) is 18.4. The zero-order valence-corrected chi connectivity index (χ0v) is 15.8. The molecule has 2 N–H and O–H groups in total. The summed E-state index contributed by atoms with van der Waals surface area (Å²) in [5.74, 6) is -1.37. The molecule has 0 saturated carbocycles. The van der Waals surface area contributed by atoms with Crippen LogP contribution in [0, 0.1) is 0 Å². The molecule has 0 atom stereocenters. The normalized spacial score (nSPS) is 13.3. The van der Waals surface area contributed by atoms with Crippen molar-refractivity contribution in [3.8, 4) is 0 Å². The summed E-state index contributed by atoms with van der Waals surface area (Å²) in [6.45, 7) is 2.00. The lowest BCUT2D eigenvalue weighted by atomic mass is 10.0. The largest absolute Gasteiger partial charge is 0.481 e. The first kappa shape index (κ1) is 23.9. The van der Waals surface area contributed by atoms with E-state index >= 15 is 0 Å². The van der Waals surface area contributed by atoms with Gasteiger partial charge in [-0.05, 0) is 25.7 Å². The Bertz CT molecular complexity index is 280. The van der Waals surface area contributed by atoms with Crippen molar-refractivity contribution < 1.29 is 24.5 Å². The first-order valence-corrected chi connectivity index (χ1v) is 10.1. The van der Waals surface area contributed by atoms with Crippen LogP contribution in [0.3, 0.4) is 0 Å². The van der Waals surface area contributed by atoms with Crippen LogP contribution in [0.25, 0.3) is 0 Å². The number of unbranched alkanes of at least 4 members (excludes halogenated alkanes) is 11. The van der Waals surface area contributed by atoms with Gasteiger partial charge in [0.2, 0.25) is 0 Å². The average Bonchev–Trinajstić information content (AvgIpc) is 3.14. The van der Waals surface area contributed by atoms with E-state index in [1.165, 1.54) is 51.4 Å². The van der Waals surface area contributed by atoms with E-state index in [-0.39, 0.29) is 0 Å². The van der Waals surface area contributed by atoms with Crippen LogP contribution in [0.4, 0.5) is 0 Å². The summed E-state index contributed by atoms with van der Waals surface area (Å²) >= 11 is 0. The smallest absolute Gasteiger partial charge is 0.303 e. The second kappa shape index (κ2) is 19.2. The van der Waals surface area contributed by atoms with Crippen molar-refractivity contribution in [2.24, 2.45) is 0 Å². The van der Waals surface area contributed by atoms with Gasteiger partial charge in [-0.25, -0.2) is 0 Å². The van der Waals surface area contributed by atoms with Gasteiger partial charge >= 0.3 is 11.9 Å². The van der Waals surface area contributed by atoms with E-state index in [0.717, 1.165) is 51.7 Å². The van der Waals surface area contributed by atoms with E-state index in [0.29, 0.717) is 12.8 Å². The third kappa shape index (κ3) is 22.9. The highest BCUT2D eigenvalue weighted by atomic mass is 16.5. The fraction of sp³-hybridized carbons (Fsp3) is 0.900. The van der Waals surface area contributed by atoms with Crippen LogP contribution in [0.1, 0.15) is 103 Å². The monoisotopic (exact) mass is 358 g/mol. The fourth-order valence-corrected chi connectivity index (χ4v) is 2.83. The quantitative estimate of drug-likeness (QED) is 0.382. The second-order valence-electron chi connectivity index (χ2n) is 6.85. The minimum Gasteiger partial charge on any atom is -0.481 e. The molecule has 25 heavy (non-hydrogen) atoms. The number of ether oxygens (including phenoxy) is 1. The van der Waals surface area contributed by atoms with Gasteiger partial charge in [-0.2, -0.15) is 0 Å². The van der Waals surface area contributed by atoms with E-state index in [4.69, 9.17) is 14.9 Å². The lowest BCUT2D eigenvalue weighted by Gasteiger charge is -2.02. The highest BCUT2D eigenvalue weighted by molar-refractivity contribution is 5.66. The Morgan fingerprint density at radius 1 is 0.560 bits per heavy atom. The molecule has 0 amide bonds. The summed E-state index contributed by atoms with van der Waals surface area (Å²) in [4.78, 5) is 20.6. The Labute approximate surface area is 153 Å². The maximum Gasteiger partial charge on any atom is 0.303 e. The third-order valence-corrected chi connectivity index (χ3v) is 4.36. The fourth-order valence-electron chi connectivity index (χ4n) is 2.83. The molecule has 0 aromatic carbocycles. The van der Waals surface area contributed by atoms with Gasteiger partial charge in [-0.1, -0.05) is 64.2 Å². The minimum absolute atomic E-state index is 0.307. The number of hydrogen-bond donors (Lipinski definition) is 2. The summed E-state index contributed by atoms with van der Waals surface area (Å²) in [5.41, 5.74) is 0. The lowest BCUT2D eigenvalue weighted by Crippen LogP contribution is -1.93. The predicted molar refractivity (Wildman–Crippen MR) is 100.0 cm³/mol. The van der Waals surface area contributed by atoms with E-state index in [1.807, 2.05) is 0 Å². The van der Waals surface area contributed by atoms with E-state index in [2.05, 4.69) is 0 Å². The standard InChI is InChI=1S/C16H30O4.C4H8O/c17-15(18)13-11-9-7-5-3-1-2-4-6-8-10-12-14-16(19)20;1-2-4-5-3-1/h1-14H2,(H,17,18)(H,19,20);1-4H2. The summed E-state index contributed by atoms with van der Waals surface area (Å²) in [5, 5.41) is 17.0. The van der Waals surface area contributed by atoms with Crippen molar-refractivity contribution in [3.63, 3.8) is 0 Å². The molecule has 0 aliphatic carbocycles. The predicted octanol–water partition coefficient (Wildman–Crippen LogP) is 5.41. The Morgan fingerprint density at radius 3 is 1.04 bits per heavy atom. The highest BCUT2D eigenvalue weighted by Gasteiger charge is 1.98. The van der Waals surface area contributed by atoms with Crippen molar-refractivity contribution in [1.82, 2.24) is 0 Å². The first-order valence-electron chi connectivity index (χ1n) is 10.1. The van der Waals surface area contributed by atoms with Crippen molar-refractivity contribution >= 4 is 11.9 Å². The zero-order valence-electron chi connectivity index (χ0n) is 15.8. The molecule has 0 aromatic heterocycles. The molecule has 0 aromatic rings. The Hall–Kier alpha value is -1.10. The molecule has 5 nitrogen and oxygen atoms in total. The topological polar surface area (TPSA) is 83.8 Å². The van der Waals surface area contributed by atoms with Crippen LogP contribution in [0.2, 0.25) is 0 Å². The molecule has 0 spiro atoms. The Morgan fingerprint density at radius 2 is 0.840 bits per heavy atom. The van der Waals surface area contributed by atoms with Crippen LogP contribution in [0.5, 0.6) is 0 Å². The average molecular weight is 359 g/mol. The Balaban J connectivity index is 0.000000972. The summed E-state index contributed by atoms with van der Waals surface area (Å²) in [7, 11) is 0. The number of aliphatic carboxylic acids is 2. The molecule has 0 unspecified atom stereocenters. The summed E-state index contributed by atoms with van der Waals surface area (Å²) in [6, 6.07) is 0. The van der Waals surface area contributed by atoms with Gasteiger partial charge in [0.25, 0.3) is 0 Å². The zero-order chi connectivity index (χ0) is 18.6. The van der Waals surface area contributed by atoms with Crippen LogP contribution in [-0.4, -0.2) is 35.4 Å². The minimum atomic E-state index is -0.687. The molecule has 0 radical (unpaired) electrons. The molecule has 1 fully saturated rings. The van der Waals surface area contributed by atoms with Crippen LogP contribution >= 0.6 is 0 Å². The maximum absolute atomic E-state index is 10.3. The molecule has 1 aliphatic rings. The number of carboxylic acids is 2. The molecule has 148 valence electrons. The lowest BCUT2D eigenvalue weighted by molar-refractivity contribution is -0.138. The van der Waals surface area contributed by atoms with Gasteiger partial charge in [-0.3, -0.25) is 9.59 Å². The van der Waals surface area contributed by atoms with Crippen LogP contribution in [0.15, 0.2) is 0 Å². The van der Waals surface area contributed by atoms with Crippen molar-refractivity contribution in [1.29, 1.82) is 0 Å². The van der Waals surface area contributed by atoms with Gasteiger partial charge in [0, 0.05) is 26.1 Å². The highest BCUT2D eigenvalue weighted by Crippen LogP contribution is 2.12. The number of hydrogen-bond acceptors (Lipinski definition) is 3. The van der Waals surface area contributed by atoms with Gasteiger partial charge < -0.3 is 14.9 Å². The van der Waals surface area contributed by atoms with Crippen molar-refractivity contribution in [2.75, 3.05) is 13.2 Å². The molecular weight excluding hydrogens is 320 g/mol. The summed E-state index contributed by atoms with van der Waals surface area (Å²) in [6.07, 6.45) is 16.7. The van der Waals surface area contributed by atoms with Gasteiger partial charge in [0.15, 0.2) is 0 Å². The van der Waals surface area contributed by atoms with Crippen LogP contribution < -0.4 is 0 Å². The van der Waals surface area contributed by atoms with Crippen molar-refractivity contribution in [2.45, 2.75) is 103 Å². The number of carboxylic acid groups (broad SMARTS) is 2. The summed E-state index contributed by atoms with van der Waals surface area (Å²) < 4.78 is 4.94.